The van der Waals surface area contributed by atoms with Gasteiger partial charge in [-0.3, -0.25) is 14.2 Å². The summed E-state index contributed by atoms with van der Waals surface area (Å²) in [6.45, 7) is 0.417. The molecule has 0 aliphatic carbocycles. The van der Waals surface area contributed by atoms with E-state index in [1.807, 2.05) is 18.2 Å². The molecule has 8 nitrogen and oxygen atoms in total. The molecule has 0 atom stereocenters. The molecular weight excluding hydrogens is 426 g/mol. The van der Waals surface area contributed by atoms with Gasteiger partial charge in [0.15, 0.2) is 5.82 Å². The highest BCUT2D eigenvalue weighted by Gasteiger charge is 2.23. The number of carbonyl (C=O) groups is 2. The molecule has 10 heteroatoms. The lowest BCUT2D eigenvalue weighted by Crippen LogP contribution is -2.20. The van der Waals surface area contributed by atoms with Gasteiger partial charge in [0.2, 0.25) is 0 Å². The maximum atomic E-state index is 12.5. The monoisotopic (exact) mass is 437 g/mol. The molecule has 0 radical (unpaired) electrons. The lowest BCUT2D eigenvalue weighted by atomic mass is 10.2. The number of rotatable bonds is 5. The van der Waals surface area contributed by atoms with Crippen molar-refractivity contribution in [2.75, 3.05) is 5.32 Å². The van der Waals surface area contributed by atoms with Crippen LogP contribution in [0.3, 0.4) is 0 Å². The van der Waals surface area contributed by atoms with Crippen molar-refractivity contribution in [3.05, 3.63) is 63.0 Å². The summed E-state index contributed by atoms with van der Waals surface area (Å²) in [5.41, 5.74) is 0.628. The van der Waals surface area contributed by atoms with Crippen molar-refractivity contribution in [3.63, 3.8) is 0 Å². The van der Waals surface area contributed by atoms with Crippen LogP contribution < -0.4 is 5.32 Å². The molecule has 2 aromatic heterocycles. The minimum Gasteiger partial charge on any atom is -0.478 e. The first-order chi connectivity index (χ1) is 12.4. The second kappa shape index (κ2) is 7.30. The number of amides is 1. The number of hydrogen-bond acceptors (Lipinski definition) is 4. The molecule has 0 aliphatic rings. The van der Waals surface area contributed by atoms with E-state index in [-0.39, 0.29) is 17.1 Å². The predicted molar refractivity (Wildman–Crippen MR) is 98.6 cm³/mol. The number of aromatic nitrogens is 4. The minimum atomic E-state index is -1.23. The zero-order valence-corrected chi connectivity index (χ0v) is 15.8. The SMILES string of the molecule is Cn1ncc(C(=O)O)c1C(=O)Nc1nn(Cc2ccccc2Cl)cc1Br. The lowest BCUT2D eigenvalue weighted by Gasteiger charge is -2.05. The third kappa shape index (κ3) is 3.63. The van der Waals surface area contributed by atoms with E-state index >= 15 is 0 Å². The molecule has 0 bridgehead atoms. The standard InChI is InChI=1S/C16H13BrClN5O3/c1-22-13(10(6-19-22)16(25)26)15(24)20-14-11(17)8-23(21-14)7-9-4-2-3-5-12(9)18/h2-6,8H,7H2,1H3,(H,25,26)(H,20,21,24). The first-order valence-electron chi connectivity index (χ1n) is 7.40. The Morgan fingerprint density at radius 2 is 2.08 bits per heavy atom. The second-order valence-electron chi connectivity index (χ2n) is 5.40. The van der Waals surface area contributed by atoms with Gasteiger partial charge in [0.1, 0.15) is 11.3 Å². The molecule has 1 aromatic carbocycles. The smallest absolute Gasteiger partial charge is 0.339 e. The normalized spacial score (nSPS) is 10.7. The molecule has 0 aliphatic heterocycles. The molecule has 0 unspecified atom stereocenters. The number of nitrogens with one attached hydrogen (secondary N) is 1. The molecule has 0 saturated heterocycles. The number of benzene rings is 1. The second-order valence-corrected chi connectivity index (χ2v) is 6.67. The third-order valence-electron chi connectivity index (χ3n) is 3.62. The summed E-state index contributed by atoms with van der Waals surface area (Å²) in [4.78, 5) is 23.7. The van der Waals surface area contributed by atoms with Crippen LogP contribution in [0.15, 0.2) is 41.1 Å². The van der Waals surface area contributed by atoms with Crippen LogP contribution in [-0.4, -0.2) is 36.5 Å². The van der Waals surface area contributed by atoms with E-state index in [0.29, 0.717) is 16.0 Å². The Labute approximate surface area is 161 Å². The number of carbonyl (C=O) groups excluding carboxylic acids is 1. The number of carboxylic acids is 1. The van der Waals surface area contributed by atoms with Crippen LogP contribution in [0.5, 0.6) is 0 Å². The number of carboxylic acid groups (broad SMARTS) is 1. The van der Waals surface area contributed by atoms with Gasteiger partial charge in [-0.25, -0.2) is 4.79 Å². The van der Waals surface area contributed by atoms with Gasteiger partial charge in [-0.05, 0) is 27.6 Å². The van der Waals surface area contributed by atoms with Crippen LogP contribution in [-0.2, 0) is 13.6 Å². The molecule has 2 N–H and O–H groups in total. The molecule has 2 heterocycles. The number of aromatic carboxylic acids is 1. The predicted octanol–water partition coefficient (Wildman–Crippen LogP) is 3.03. The van der Waals surface area contributed by atoms with Crippen molar-refractivity contribution in [1.82, 2.24) is 19.6 Å². The third-order valence-corrected chi connectivity index (χ3v) is 4.57. The van der Waals surface area contributed by atoms with Crippen molar-refractivity contribution in [1.29, 1.82) is 0 Å². The van der Waals surface area contributed by atoms with Gasteiger partial charge in [-0.1, -0.05) is 29.8 Å². The molecule has 134 valence electrons. The lowest BCUT2D eigenvalue weighted by molar-refractivity contribution is 0.0692. The Kier molecular flexibility index (Phi) is 5.10. The van der Waals surface area contributed by atoms with Gasteiger partial charge in [0.05, 0.1) is 17.2 Å². The van der Waals surface area contributed by atoms with Gasteiger partial charge in [-0.2, -0.15) is 10.2 Å². The molecule has 0 fully saturated rings. The summed E-state index contributed by atoms with van der Waals surface area (Å²) in [6, 6.07) is 7.38. The van der Waals surface area contributed by atoms with Gasteiger partial charge in [-0.15, -0.1) is 0 Å². The fourth-order valence-corrected chi connectivity index (χ4v) is 3.00. The van der Waals surface area contributed by atoms with Crippen LogP contribution in [0.4, 0.5) is 5.82 Å². The van der Waals surface area contributed by atoms with Crippen molar-refractivity contribution in [3.8, 4) is 0 Å². The Hall–Kier alpha value is -2.65. The fourth-order valence-electron chi connectivity index (χ4n) is 2.39. The number of nitrogens with zero attached hydrogens (tertiary/aromatic N) is 4. The Morgan fingerprint density at radius 3 is 2.77 bits per heavy atom. The topological polar surface area (TPSA) is 102 Å². The maximum Gasteiger partial charge on any atom is 0.339 e. The molecule has 1 amide bonds. The first-order valence-corrected chi connectivity index (χ1v) is 8.57. The average Bonchev–Trinajstić information content (AvgIpc) is 3.13. The molecular formula is C16H13BrClN5O3. The van der Waals surface area contributed by atoms with Crippen molar-refractivity contribution in [2.24, 2.45) is 7.05 Å². The van der Waals surface area contributed by atoms with E-state index in [2.05, 4.69) is 31.4 Å². The highest BCUT2D eigenvalue weighted by atomic mass is 79.9. The van der Waals surface area contributed by atoms with Gasteiger partial charge in [0, 0.05) is 18.3 Å². The highest BCUT2D eigenvalue weighted by molar-refractivity contribution is 9.10. The summed E-state index contributed by atoms with van der Waals surface area (Å²) < 4.78 is 3.37. The van der Waals surface area contributed by atoms with Gasteiger partial charge in [0.25, 0.3) is 5.91 Å². The molecule has 3 rings (SSSR count). The summed E-state index contributed by atoms with van der Waals surface area (Å²) in [7, 11) is 1.49. The number of aryl methyl sites for hydroxylation is 1. The molecule has 3 aromatic rings. The summed E-state index contributed by atoms with van der Waals surface area (Å²) in [5.74, 6) is -1.59. The van der Waals surface area contributed by atoms with Gasteiger partial charge >= 0.3 is 5.97 Å². The van der Waals surface area contributed by atoms with Gasteiger partial charge < -0.3 is 10.4 Å². The van der Waals surface area contributed by atoms with E-state index in [0.717, 1.165) is 11.8 Å². The van der Waals surface area contributed by atoms with Crippen molar-refractivity contribution in [2.45, 2.75) is 6.54 Å². The first kappa shape index (κ1) is 18.2. The van der Waals surface area contributed by atoms with Crippen LogP contribution >= 0.6 is 27.5 Å². The van der Waals surface area contributed by atoms with Crippen LogP contribution in [0.25, 0.3) is 0 Å². The summed E-state index contributed by atoms with van der Waals surface area (Å²) in [5, 5.41) is 20.5. The Bertz CT molecular complexity index is 998. The van der Waals surface area contributed by atoms with E-state index in [1.165, 1.54) is 11.7 Å². The Morgan fingerprint density at radius 1 is 1.35 bits per heavy atom. The van der Waals surface area contributed by atoms with E-state index in [1.54, 1.807) is 16.9 Å². The fraction of sp³-hybridized carbons (Fsp3) is 0.125. The van der Waals surface area contributed by atoms with Crippen LogP contribution in [0.2, 0.25) is 5.02 Å². The summed E-state index contributed by atoms with van der Waals surface area (Å²) in [6.07, 6.45) is 2.82. The quantitative estimate of drug-likeness (QED) is 0.637. The van der Waals surface area contributed by atoms with Crippen LogP contribution in [0.1, 0.15) is 26.4 Å². The van der Waals surface area contributed by atoms with Crippen molar-refractivity contribution < 1.29 is 14.7 Å². The summed E-state index contributed by atoms with van der Waals surface area (Å²) >= 11 is 9.49. The van der Waals surface area contributed by atoms with E-state index in [9.17, 15) is 9.59 Å². The molecule has 26 heavy (non-hydrogen) atoms. The number of halogens is 2. The molecule has 0 saturated carbocycles. The van der Waals surface area contributed by atoms with Crippen LogP contribution in [0, 0.1) is 0 Å². The van der Waals surface area contributed by atoms with Crippen molar-refractivity contribution >= 4 is 45.2 Å². The Balaban J connectivity index is 1.82. The van der Waals surface area contributed by atoms with E-state index < -0.39 is 11.9 Å². The zero-order valence-electron chi connectivity index (χ0n) is 13.5. The largest absolute Gasteiger partial charge is 0.478 e. The number of anilines is 1. The minimum absolute atomic E-state index is 0.0648. The zero-order chi connectivity index (χ0) is 18.8. The highest BCUT2D eigenvalue weighted by Crippen LogP contribution is 2.23. The molecule has 0 spiro atoms. The maximum absolute atomic E-state index is 12.5. The number of hydrogen-bond donors (Lipinski definition) is 2. The average molecular weight is 439 g/mol. The van der Waals surface area contributed by atoms with E-state index in [4.69, 9.17) is 16.7 Å².